The number of aryl methyl sites for hydroxylation is 1. The van der Waals surface area contributed by atoms with Crippen molar-refractivity contribution < 1.29 is 14.3 Å². The minimum atomic E-state index is -0.627. The van der Waals surface area contributed by atoms with E-state index in [2.05, 4.69) is 18.9 Å². The SMILES string of the molecule is CCC(CC)n1nc(C)cc1C(=O)N1C[C@@H](OC)C[C@H]1C(N)=O. The molecule has 1 saturated heterocycles. The maximum absolute atomic E-state index is 13.0. The number of carbonyl (C=O) groups excluding carboxylic acids is 2. The third-order valence-electron chi connectivity index (χ3n) is 4.55. The van der Waals surface area contributed by atoms with E-state index >= 15 is 0 Å². The van der Waals surface area contributed by atoms with E-state index in [9.17, 15) is 9.59 Å². The fourth-order valence-corrected chi connectivity index (χ4v) is 3.20. The molecule has 2 atom stereocenters. The average Bonchev–Trinajstić information content (AvgIpc) is 3.12. The number of rotatable bonds is 6. The van der Waals surface area contributed by atoms with Gasteiger partial charge in [-0.05, 0) is 25.8 Å². The van der Waals surface area contributed by atoms with E-state index in [0.29, 0.717) is 18.7 Å². The van der Waals surface area contributed by atoms with Crippen LogP contribution in [-0.4, -0.2) is 52.3 Å². The molecule has 1 aromatic heterocycles. The summed E-state index contributed by atoms with van der Waals surface area (Å²) in [7, 11) is 1.58. The molecule has 0 unspecified atom stereocenters. The molecular formula is C16H26N4O3. The van der Waals surface area contributed by atoms with Gasteiger partial charge in [0, 0.05) is 20.1 Å². The Bertz CT molecular complexity index is 580. The highest BCUT2D eigenvalue weighted by molar-refractivity contribution is 5.96. The molecule has 23 heavy (non-hydrogen) atoms. The van der Waals surface area contributed by atoms with Gasteiger partial charge in [-0.3, -0.25) is 14.3 Å². The zero-order valence-corrected chi connectivity index (χ0v) is 14.3. The molecule has 1 aliphatic rings. The van der Waals surface area contributed by atoms with Gasteiger partial charge in [0.05, 0.1) is 17.8 Å². The first-order valence-electron chi connectivity index (χ1n) is 8.12. The van der Waals surface area contributed by atoms with Gasteiger partial charge in [-0.2, -0.15) is 5.10 Å². The molecule has 0 aromatic carbocycles. The smallest absolute Gasteiger partial charge is 0.272 e. The van der Waals surface area contributed by atoms with Crippen molar-refractivity contribution in [3.8, 4) is 0 Å². The van der Waals surface area contributed by atoms with Crippen LogP contribution < -0.4 is 5.73 Å². The second-order valence-electron chi connectivity index (χ2n) is 6.05. The predicted molar refractivity (Wildman–Crippen MR) is 86.0 cm³/mol. The normalized spacial score (nSPS) is 21.2. The molecule has 2 heterocycles. The zero-order valence-electron chi connectivity index (χ0n) is 14.3. The molecule has 7 nitrogen and oxygen atoms in total. The highest BCUT2D eigenvalue weighted by atomic mass is 16.5. The molecule has 0 bridgehead atoms. The number of carbonyl (C=O) groups is 2. The highest BCUT2D eigenvalue weighted by Crippen LogP contribution is 2.25. The summed E-state index contributed by atoms with van der Waals surface area (Å²) < 4.78 is 7.10. The zero-order chi connectivity index (χ0) is 17.1. The van der Waals surface area contributed by atoms with E-state index in [1.807, 2.05) is 6.92 Å². The molecule has 2 rings (SSSR count). The molecule has 128 valence electrons. The number of amides is 2. The number of primary amides is 1. The molecule has 0 aliphatic carbocycles. The molecule has 1 aromatic rings. The van der Waals surface area contributed by atoms with Crippen molar-refractivity contribution in [2.45, 2.75) is 58.2 Å². The summed E-state index contributed by atoms with van der Waals surface area (Å²) in [5, 5.41) is 4.48. The highest BCUT2D eigenvalue weighted by Gasteiger charge is 2.40. The number of nitrogens with two attached hydrogens (primary N) is 1. The van der Waals surface area contributed by atoms with Gasteiger partial charge in [-0.15, -0.1) is 0 Å². The standard InChI is InChI=1S/C16H26N4O3/c1-5-11(6-2)20-14(7-10(3)18-20)16(22)19-9-12(23-4)8-13(19)15(17)21/h7,11-13H,5-6,8-9H2,1-4H3,(H2,17,21)/t12-,13-/m0/s1. The Labute approximate surface area is 136 Å². The van der Waals surface area contributed by atoms with E-state index in [-0.39, 0.29) is 18.1 Å². The first-order valence-corrected chi connectivity index (χ1v) is 8.12. The molecule has 2 N–H and O–H groups in total. The van der Waals surface area contributed by atoms with Crippen molar-refractivity contribution >= 4 is 11.8 Å². The fourth-order valence-electron chi connectivity index (χ4n) is 3.20. The molecular weight excluding hydrogens is 296 g/mol. The number of methoxy groups -OCH3 is 1. The fraction of sp³-hybridized carbons (Fsp3) is 0.688. The van der Waals surface area contributed by atoms with Gasteiger partial charge >= 0.3 is 0 Å². The summed E-state index contributed by atoms with van der Waals surface area (Å²) in [5.74, 6) is -0.705. The number of ether oxygens (including phenoxy) is 1. The van der Waals surface area contributed by atoms with Crippen LogP contribution in [0.3, 0.4) is 0 Å². The van der Waals surface area contributed by atoms with Crippen molar-refractivity contribution in [1.29, 1.82) is 0 Å². The quantitative estimate of drug-likeness (QED) is 0.854. The van der Waals surface area contributed by atoms with Crippen LogP contribution in [0, 0.1) is 6.92 Å². The third kappa shape index (κ3) is 3.39. The van der Waals surface area contributed by atoms with Crippen molar-refractivity contribution in [3.05, 3.63) is 17.5 Å². The van der Waals surface area contributed by atoms with Crippen LogP contribution in [0.2, 0.25) is 0 Å². The number of nitrogens with zero attached hydrogens (tertiary/aromatic N) is 3. The maximum Gasteiger partial charge on any atom is 0.272 e. The molecule has 1 aliphatic heterocycles. The summed E-state index contributed by atoms with van der Waals surface area (Å²) in [6.45, 7) is 6.38. The second-order valence-corrected chi connectivity index (χ2v) is 6.05. The van der Waals surface area contributed by atoms with Gasteiger partial charge in [0.15, 0.2) is 0 Å². The molecule has 0 saturated carbocycles. The molecule has 0 spiro atoms. The number of aromatic nitrogens is 2. The van der Waals surface area contributed by atoms with Gasteiger partial charge in [-0.1, -0.05) is 13.8 Å². The summed E-state index contributed by atoms with van der Waals surface area (Å²) >= 11 is 0. The van der Waals surface area contributed by atoms with E-state index < -0.39 is 11.9 Å². The van der Waals surface area contributed by atoms with Gasteiger partial charge in [0.2, 0.25) is 5.91 Å². The van der Waals surface area contributed by atoms with Gasteiger partial charge < -0.3 is 15.4 Å². The Kier molecular flexibility index (Phi) is 5.41. The van der Waals surface area contributed by atoms with E-state index in [4.69, 9.17) is 10.5 Å². The summed E-state index contributed by atoms with van der Waals surface area (Å²) in [4.78, 5) is 26.2. The van der Waals surface area contributed by atoms with Crippen molar-refractivity contribution in [2.75, 3.05) is 13.7 Å². The topological polar surface area (TPSA) is 90.4 Å². The van der Waals surface area contributed by atoms with Crippen molar-refractivity contribution in [2.24, 2.45) is 5.73 Å². The van der Waals surface area contributed by atoms with E-state index in [0.717, 1.165) is 18.5 Å². The van der Waals surface area contributed by atoms with Crippen LogP contribution in [0.1, 0.15) is 55.3 Å². The Balaban J connectivity index is 2.34. The lowest BCUT2D eigenvalue weighted by Gasteiger charge is -2.24. The Morgan fingerprint density at radius 1 is 1.43 bits per heavy atom. The van der Waals surface area contributed by atoms with Crippen LogP contribution in [-0.2, 0) is 9.53 Å². The minimum absolute atomic E-state index is 0.163. The van der Waals surface area contributed by atoms with Gasteiger partial charge in [0.25, 0.3) is 5.91 Å². The monoisotopic (exact) mass is 322 g/mol. The lowest BCUT2D eigenvalue weighted by Crippen LogP contribution is -2.44. The molecule has 7 heteroatoms. The second kappa shape index (κ2) is 7.12. The first kappa shape index (κ1) is 17.5. The predicted octanol–water partition coefficient (Wildman–Crippen LogP) is 1.27. The van der Waals surface area contributed by atoms with Crippen molar-refractivity contribution in [3.63, 3.8) is 0 Å². The van der Waals surface area contributed by atoms with Crippen LogP contribution in [0.4, 0.5) is 0 Å². The number of hydrogen-bond acceptors (Lipinski definition) is 4. The molecule has 1 fully saturated rings. The lowest BCUT2D eigenvalue weighted by atomic mass is 10.1. The lowest BCUT2D eigenvalue weighted by molar-refractivity contribution is -0.121. The van der Waals surface area contributed by atoms with Gasteiger partial charge in [0.1, 0.15) is 11.7 Å². The van der Waals surface area contributed by atoms with Crippen LogP contribution in [0.5, 0.6) is 0 Å². The Morgan fingerprint density at radius 2 is 2.09 bits per heavy atom. The van der Waals surface area contributed by atoms with E-state index in [1.165, 1.54) is 4.90 Å². The molecule has 2 amide bonds. The summed E-state index contributed by atoms with van der Waals surface area (Å²) in [6, 6.07) is 1.31. The minimum Gasteiger partial charge on any atom is -0.380 e. The number of hydrogen-bond donors (Lipinski definition) is 1. The summed E-state index contributed by atoms with van der Waals surface area (Å²) in [5.41, 5.74) is 6.77. The van der Waals surface area contributed by atoms with Crippen LogP contribution in [0.15, 0.2) is 6.07 Å². The first-order chi connectivity index (χ1) is 10.9. The average molecular weight is 322 g/mol. The Hall–Kier alpha value is -1.89. The number of likely N-dealkylation sites (tertiary alicyclic amines) is 1. The Morgan fingerprint density at radius 3 is 2.61 bits per heavy atom. The van der Waals surface area contributed by atoms with Crippen molar-refractivity contribution in [1.82, 2.24) is 14.7 Å². The van der Waals surface area contributed by atoms with Crippen LogP contribution in [0.25, 0.3) is 0 Å². The third-order valence-corrected chi connectivity index (χ3v) is 4.55. The maximum atomic E-state index is 13.0. The molecule has 0 radical (unpaired) electrons. The largest absolute Gasteiger partial charge is 0.380 e. The van der Waals surface area contributed by atoms with Crippen LogP contribution >= 0.6 is 0 Å². The summed E-state index contributed by atoms with van der Waals surface area (Å²) in [6.07, 6.45) is 2.05. The van der Waals surface area contributed by atoms with E-state index in [1.54, 1.807) is 17.9 Å². The van der Waals surface area contributed by atoms with Gasteiger partial charge in [-0.25, -0.2) is 0 Å².